The number of para-hydroxylation sites is 3. The van der Waals surface area contributed by atoms with Crippen molar-refractivity contribution >= 4 is 43.6 Å². The maximum absolute atomic E-state index is 9.08. The number of benzene rings is 7. The Bertz CT molecular complexity index is 3380. The number of rotatable bonds is 5. The summed E-state index contributed by atoms with van der Waals surface area (Å²) in [4.78, 5) is 15.1. The Kier molecular flexibility index (Phi) is 4.52. The van der Waals surface area contributed by atoms with Crippen LogP contribution in [0.5, 0.6) is 0 Å². The van der Waals surface area contributed by atoms with Gasteiger partial charge >= 0.3 is 0 Å². The molecule has 0 bridgehead atoms. The molecular weight excluding hydrogens is 611 g/mol. The molecule has 3 heterocycles. The topological polar surface area (TPSA) is 48.5 Å². The Hall–Kier alpha value is -6.85. The zero-order chi connectivity index (χ0) is 41.7. The standard InChI is InChI=1S/C45H29N5/c1-4-14-30(15-5-1)31-24-26-33(27-25-31)44-46-43(32-16-6-2-7-17-32)47-45(48-44)50-40-23-13-11-21-36(40)38-29-28-37-35-20-10-12-22-39(35)49(41(37)42(38)50)34-18-8-3-9-19-34/h1-29H/i1D,3D,4D,5D,8D,9D,14D,15D,18D,19D. The smallest absolute Gasteiger partial charge is 0.238 e. The molecule has 0 fully saturated rings. The number of aromatic nitrogens is 5. The third-order valence-electron chi connectivity index (χ3n) is 8.97. The van der Waals surface area contributed by atoms with Crippen molar-refractivity contribution < 1.29 is 13.7 Å². The largest absolute Gasteiger partial charge is 0.307 e. The molecule has 0 aliphatic carbocycles. The van der Waals surface area contributed by atoms with Crippen LogP contribution in [0.1, 0.15) is 13.7 Å². The molecule has 0 saturated heterocycles. The second-order valence-corrected chi connectivity index (χ2v) is 11.8. The van der Waals surface area contributed by atoms with Gasteiger partial charge in [0.15, 0.2) is 11.6 Å². The quantitative estimate of drug-likeness (QED) is 0.186. The summed E-state index contributed by atoms with van der Waals surface area (Å²) in [7, 11) is 0. The lowest BCUT2D eigenvalue weighted by Crippen LogP contribution is -2.07. The molecule has 0 saturated carbocycles. The normalized spacial score (nSPS) is 14.4. The molecule has 0 aliphatic rings. The Morgan fingerprint density at radius 2 is 0.880 bits per heavy atom. The summed E-state index contributed by atoms with van der Waals surface area (Å²) in [5.74, 6) is 0.926. The second-order valence-electron chi connectivity index (χ2n) is 11.8. The first kappa shape index (κ1) is 19.8. The van der Waals surface area contributed by atoms with Crippen molar-refractivity contribution in [2.75, 3.05) is 0 Å². The first-order valence-electron chi connectivity index (χ1n) is 21.0. The highest BCUT2D eigenvalue weighted by Crippen LogP contribution is 2.41. The molecule has 0 aliphatic heterocycles. The van der Waals surface area contributed by atoms with Gasteiger partial charge in [-0.25, -0.2) is 4.98 Å². The van der Waals surface area contributed by atoms with E-state index in [2.05, 4.69) is 0 Å². The molecule has 10 aromatic rings. The molecule has 0 atom stereocenters. The van der Waals surface area contributed by atoms with Gasteiger partial charge in [-0.05, 0) is 35.3 Å². The Morgan fingerprint density at radius 3 is 1.52 bits per heavy atom. The minimum absolute atomic E-state index is 0.0111. The predicted molar refractivity (Wildman–Crippen MR) is 205 cm³/mol. The van der Waals surface area contributed by atoms with Crippen molar-refractivity contribution in [2.45, 2.75) is 0 Å². The zero-order valence-electron chi connectivity index (χ0n) is 36.2. The van der Waals surface area contributed by atoms with E-state index in [1.165, 1.54) is 0 Å². The van der Waals surface area contributed by atoms with Crippen molar-refractivity contribution in [3.05, 3.63) is 176 Å². The van der Waals surface area contributed by atoms with E-state index in [1.54, 1.807) is 28.8 Å². The molecule has 10 rings (SSSR count). The van der Waals surface area contributed by atoms with Crippen LogP contribution in [0.2, 0.25) is 0 Å². The summed E-state index contributed by atoms with van der Waals surface area (Å²) >= 11 is 0. The summed E-state index contributed by atoms with van der Waals surface area (Å²) in [6, 6.07) is 31.7. The van der Waals surface area contributed by atoms with E-state index in [4.69, 9.17) is 28.7 Å². The van der Waals surface area contributed by atoms with Crippen molar-refractivity contribution in [1.82, 2.24) is 24.1 Å². The number of hydrogen-bond donors (Lipinski definition) is 0. The van der Waals surface area contributed by atoms with E-state index < -0.39 is 36.3 Å². The summed E-state index contributed by atoms with van der Waals surface area (Å²) in [6.45, 7) is 0. The third kappa shape index (κ3) is 4.45. The van der Waals surface area contributed by atoms with Gasteiger partial charge in [-0.2, -0.15) is 9.97 Å². The summed E-state index contributed by atoms with van der Waals surface area (Å²) in [5, 5.41) is 3.30. The fraction of sp³-hybridized carbons (Fsp3) is 0. The van der Waals surface area contributed by atoms with Crippen LogP contribution in [0.25, 0.3) is 89.2 Å². The summed E-state index contributed by atoms with van der Waals surface area (Å²) in [5.41, 5.74) is 4.46. The molecule has 0 radical (unpaired) electrons. The lowest BCUT2D eigenvalue weighted by molar-refractivity contribution is 0.953. The van der Waals surface area contributed by atoms with Crippen LogP contribution in [-0.4, -0.2) is 24.1 Å². The van der Waals surface area contributed by atoms with Gasteiger partial charge in [-0.3, -0.25) is 4.57 Å². The number of hydrogen-bond acceptors (Lipinski definition) is 3. The summed E-state index contributed by atoms with van der Waals surface area (Å²) in [6.07, 6.45) is 0. The van der Waals surface area contributed by atoms with Crippen molar-refractivity contribution in [3.63, 3.8) is 0 Å². The zero-order valence-corrected chi connectivity index (χ0v) is 26.2. The first-order valence-corrected chi connectivity index (χ1v) is 16.0. The van der Waals surface area contributed by atoms with Crippen LogP contribution in [-0.2, 0) is 0 Å². The monoisotopic (exact) mass is 649 g/mol. The molecule has 3 aromatic heterocycles. The van der Waals surface area contributed by atoms with Crippen LogP contribution in [0, 0.1) is 0 Å². The minimum Gasteiger partial charge on any atom is -0.307 e. The highest BCUT2D eigenvalue weighted by atomic mass is 15.2. The molecular formula is C45H29N5. The fourth-order valence-electron chi connectivity index (χ4n) is 6.79. The van der Waals surface area contributed by atoms with E-state index in [9.17, 15) is 0 Å². The van der Waals surface area contributed by atoms with Gasteiger partial charge in [0, 0.05) is 38.4 Å². The maximum Gasteiger partial charge on any atom is 0.238 e. The van der Waals surface area contributed by atoms with Gasteiger partial charge in [0.2, 0.25) is 5.95 Å². The number of fused-ring (bicyclic) bond motifs is 7. The van der Waals surface area contributed by atoms with Crippen molar-refractivity contribution in [3.8, 4) is 45.5 Å². The molecule has 5 heteroatoms. The Balaban J connectivity index is 1.30. The maximum atomic E-state index is 9.08. The molecule has 50 heavy (non-hydrogen) atoms. The minimum atomic E-state index is -0.485. The fourth-order valence-corrected chi connectivity index (χ4v) is 6.79. The molecule has 0 unspecified atom stereocenters. The van der Waals surface area contributed by atoms with Crippen LogP contribution in [0.15, 0.2) is 176 Å². The molecule has 5 nitrogen and oxygen atoms in total. The van der Waals surface area contributed by atoms with Gasteiger partial charge in [0.25, 0.3) is 0 Å². The molecule has 0 N–H and O–H groups in total. The highest BCUT2D eigenvalue weighted by Gasteiger charge is 2.23. The van der Waals surface area contributed by atoms with Crippen molar-refractivity contribution in [2.24, 2.45) is 0 Å². The molecule has 0 spiro atoms. The third-order valence-corrected chi connectivity index (χ3v) is 8.97. The van der Waals surface area contributed by atoms with Gasteiger partial charge < -0.3 is 4.57 Å². The van der Waals surface area contributed by atoms with Crippen LogP contribution in [0.3, 0.4) is 0 Å². The van der Waals surface area contributed by atoms with E-state index in [1.807, 2.05) is 95.6 Å². The van der Waals surface area contributed by atoms with Crippen LogP contribution in [0.4, 0.5) is 0 Å². The van der Waals surface area contributed by atoms with Gasteiger partial charge in [-0.1, -0.05) is 151 Å². The average molecular weight is 650 g/mol. The van der Waals surface area contributed by atoms with E-state index in [0.717, 1.165) is 32.6 Å². The average Bonchev–Trinajstić information content (AvgIpc) is 3.80. The van der Waals surface area contributed by atoms with Crippen LogP contribution >= 0.6 is 0 Å². The van der Waals surface area contributed by atoms with E-state index in [0.29, 0.717) is 39.3 Å². The Labute approximate surface area is 302 Å². The SMILES string of the molecule is [2H]c1c([2H])c([2H])c(-c2ccc(-c3nc(-c4ccccc4)nc(-n4c5ccccc5c5ccc6c7ccccc7n(-c7c([2H])c([2H])c([2H])c([2H])c7[2H])c6c54)n3)cc2)c([2H])c1[2H]. The lowest BCUT2D eigenvalue weighted by Gasteiger charge is -2.13. The molecule has 7 aromatic carbocycles. The van der Waals surface area contributed by atoms with E-state index >= 15 is 0 Å². The summed E-state index contributed by atoms with van der Waals surface area (Å²) < 4.78 is 88.8. The predicted octanol–water partition coefficient (Wildman–Crippen LogP) is 11.1. The van der Waals surface area contributed by atoms with Gasteiger partial charge in [0.05, 0.1) is 35.8 Å². The lowest BCUT2D eigenvalue weighted by atomic mass is 10.0. The van der Waals surface area contributed by atoms with E-state index in [-0.39, 0.29) is 41.4 Å². The number of nitrogens with zero attached hydrogens (tertiary/aromatic N) is 5. The van der Waals surface area contributed by atoms with Crippen LogP contribution < -0.4 is 0 Å². The highest BCUT2D eigenvalue weighted by molar-refractivity contribution is 6.23. The van der Waals surface area contributed by atoms with Gasteiger partial charge in [-0.15, -0.1) is 0 Å². The molecule has 234 valence electrons. The molecule has 0 amide bonds. The van der Waals surface area contributed by atoms with Gasteiger partial charge in [0.1, 0.15) is 0 Å². The second kappa shape index (κ2) is 11.4. The first-order chi connectivity index (χ1) is 29.0. The van der Waals surface area contributed by atoms with Crippen molar-refractivity contribution in [1.29, 1.82) is 0 Å². The Morgan fingerprint density at radius 1 is 0.380 bits per heavy atom.